The van der Waals surface area contributed by atoms with E-state index < -0.39 is 5.92 Å². The predicted octanol–water partition coefficient (Wildman–Crippen LogP) is 4.42. The summed E-state index contributed by atoms with van der Waals surface area (Å²) in [4.78, 5) is 24.7. The molecule has 0 saturated carbocycles. The molecule has 1 N–H and O–H groups in total. The lowest BCUT2D eigenvalue weighted by Gasteiger charge is -2.36. The van der Waals surface area contributed by atoms with Gasteiger partial charge in [-0.25, -0.2) is 9.97 Å². The summed E-state index contributed by atoms with van der Waals surface area (Å²) in [5, 5.41) is 12.8. The summed E-state index contributed by atoms with van der Waals surface area (Å²) in [7, 11) is 0. The first-order valence-electron chi connectivity index (χ1n) is 11.2. The number of benzene rings is 1. The number of fused-ring (bicyclic) bond motifs is 1. The molecular weight excluding hydrogens is 374 g/mol. The van der Waals surface area contributed by atoms with Crippen LogP contribution in [0.4, 0.5) is 5.82 Å². The molecule has 0 spiro atoms. The number of aromatic nitrogens is 2. The Morgan fingerprint density at radius 3 is 2.47 bits per heavy atom. The standard InChI is InChI=1S/C24H33N5O/c1-4-5-6-9-12-26-24(30)19(14-25)22-23(29-15-17(2)13-18(3)16-29)28-21-11-8-7-10-20(21)27-22/h7-8,10-11,17-19H,4-6,9,12-13,15-16H2,1-3H3,(H,26,30)/t17-,18-,19-/m0/s1. The molecule has 0 radical (unpaired) electrons. The summed E-state index contributed by atoms with van der Waals surface area (Å²) in [6.45, 7) is 8.95. The van der Waals surface area contributed by atoms with E-state index in [0.29, 0.717) is 35.4 Å². The Morgan fingerprint density at radius 1 is 1.17 bits per heavy atom. The van der Waals surface area contributed by atoms with Crippen LogP contribution in [-0.2, 0) is 4.79 Å². The van der Waals surface area contributed by atoms with Gasteiger partial charge in [0.25, 0.3) is 0 Å². The Labute approximate surface area is 179 Å². The van der Waals surface area contributed by atoms with E-state index in [-0.39, 0.29) is 5.91 Å². The van der Waals surface area contributed by atoms with Gasteiger partial charge in [-0.2, -0.15) is 5.26 Å². The van der Waals surface area contributed by atoms with E-state index in [4.69, 9.17) is 9.97 Å². The van der Waals surface area contributed by atoms with Crippen molar-refractivity contribution in [1.29, 1.82) is 5.26 Å². The molecule has 0 aliphatic carbocycles. The molecule has 1 aliphatic rings. The lowest BCUT2D eigenvalue weighted by Crippen LogP contribution is -2.40. The molecule has 3 rings (SSSR count). The van der Waals surface area contributed by atoms with Crippen molar-refractivity contribution >= 4 is 22.8 Å². The Balaban J connectivity index is 1.91. The van der Waals surface area contributed by atoms with Gasteiger partial charge in [-0.1, -0.05) is 52.2 Å². The van der Waals surface area contributed by atoms with Gasteiger partial charge in [-0.3, -0.25) is 4.79 Å². The van der Waals surface area contributed by atoms with Crippen LogP contribution in [-0.4, -0.2) is 35.5 Å². The van der Waals surface area contributed by atoms with E-state index in [1.807, 2.05) is 24.3 Å². The number of hydrogen-bond acceptors (Lipinski definition) is 5. The van der Waals surface area contributed by atoms with E-state index in [1.54, 1.807) is 0 Å². The number of rotatable bonds is 8. The Morgan fingerprint density at radius 2 is 1.83 bits per heavy atom. The zero-order valence-corrected chi connectivity index (χ0v) is 18.4. The second-order valence-electron chi connectivity index (χ2n) is 8.69. The Kier molecular flexibility index (Phi) is 7.62. The number of nitrogens with one attached hydrogen (secondary N) is 1. The largest absolute Gasteiger partial charge is 0.355 e. The molecule has 6 heteroatoms. The van der Waals surface area contributed by atoms with Crippen LogP contribution in [0.1, 0.15) is 64.5 Å². The maximum atomic E-state index is 12.9. The number of unbranched alkanes of at least 4 members (excludes halogenated alkanes) is 3. The number of carbonyl (C=O) groups is 1. The first-order chi connectivity index (χ1) is 14.5. The molecule has 1 aromatic carbocycles. The number of anilines is 1. The summed E-state index contributed by atoms with van der Waals surface area (Å²) in [6, 6.07) is 9.85. The number of nitriles is 1. The van der Waals surface area contributed by atoms with Crippen molar-refractivity contribution in [3.63, 3.8) is 0 Å². The minimum atomic E-state index is -0.962. The van der Waals surface area contributed by atoms with Crippen molar-refractivity contribution in [2.45, 2.75) is 58.8 Å². The van der Waals surface area contributed by atoms with Crippen LogP contribution in [0.2, 0.25) is 0 Å². The summed E-state index contributed by atoms with van der Waals surface area (Å²) in [5.74, 6) is 0.499. The monoisotopic (exact) mass is 407 g/mol. The van der Waals surface area contributed by atoms with E-state index in [9.17, 15) is 10.1 Å². The van der Waals surface area contributed by atoms with Crippen LogP contribution in [0.3, 0.4) is 0 Å². The predicted molar refractivity (Wildman–Crippen MR) is 120 cm³/mol. The molecule has 0 unspecified atom stereocenters. The zero-order valence-electron chi connectivity index (χ0n) is 18.4. The van der Waals surface area contributed by atoms with Crippen molar-refractivity contribution in [3.8, 4) is 6.07 Å². The molecule has 2 aromatic rings. The highest BCUT2D eigenvalue weighted by Gasteiger charge is 2.31. The lowest BCUT2D eigenvalue weighted by molar-refractivity contribution is -0.121. The van der Waals surface area contributed by atoms with Crippen LogP contribution < -0.4 is 10.2 Å². The Hall–Kier alpha value is -2.68. The average Bonchev–Trinajstić information content (AvgIpc) is 2.73. The number of para-hydroxylation sites is 2. The van der Waals surface area contributed by atoms with Gasteiger partial charge in [0.15, 0.2) is 11.7 Å². The summed E-state index contributed by atoms with van der Waals surface area (Å²) in [5.41, 5.74) is 1.98. The molecule has 3 atom stereocenters. The first kappa shape index (κ1) is 22.0. The van der Waals surface area contributed by atoms with Gasteiger partial charge in [0.2, 0.25) is 5.91 Å². The normalized spacial score (nSPS) is 20.0. The highest BCUT2D eigenvalue weighted by molar-refractivity contribution is 5.88. The van der Waals surface area contributed by atoms with E-state index >= 15 is 0 Å². The molecule has 1 fully saturated rings. The average molecular weight is 408 g/mol. The third kappa shape index (κ3) is 5.27. The van der Waals surface area contributed by atoms with E-state index in [0.717, 1.165) is 44.3 Å². The number of carbonyl (C=O) groups excluding carboxylic acids is 1. The summed E-state index contributed by atoms with van der Waals surface area (Å²) < 4.78 is 0. The van der Waals surface area contributed by atoms with Crippen LogP contribution >= 0.6 is 0 Å². The van der Waals surface area contributed by atoms with Crippen LogP contribution in [0.5, 0.6) is 0 Å². The second-order valence-corrected chi connectivity index (χ2v) is 8.69. The van der Waals surface area contributed by atoms with Gasteiger partial charge >= 0.3 is 0 Å². The fourth-order valence-corrected chi connectivity index (χ4v) is 4.38. The summed E-state index contributed by atoms with van der Waals surface area (Å²) >= 11 is 0. The molecule has 160 valence electrons. The molecule has 1 aromatic heterocycles. The molecule has 1 amide bonds. The fraction of sp³-hybridized carbons (Fsp3) is 0.583. The molecule has 0 bridgehead atoms. The van der Waals surface area contributed by atoms with Crippen molar-refractivity contribution in [1.82, 2.24) is 15.3 Å². The smallest absolute Gasteiger partial charge is 0.243 e. The Bertz CT molecular complexity index is 896. The quantitative estimate of drug-likeness (QED) is 0.655. The molecule has 1 saturated heterocycles. The van der Waals surface area contributed by atoms with Crippen molar-refractivity contribution < 1.29 is 4.79 Å². The van der Waals surface area contributed by atoms with Gasteiger partial charge in [0.1, 0.15) is 5.69 Å². The van der Waals surface area contributed by atoms with Crippen LogP contribution in [0.15, 0.2) is 24.3 Å². The molecule has 1 aliphatic heterocycles. The van der Waals surface area contributed by atoms with Gasteiger partial charge in [0.05, 0.1) is 17.1 Å². The van der Waals surface area contributed by atoms with Crippen molar-refractivity contribution in [3.05, 3.63) is 30.0 Å². The molecule has 6 nitrogen and oxygen atoms in total. The van der Waals surface area contributed by atoms with Crippen molar-refractivity contribution in [2.75, 3.05) is 24.5 Å². The topological polar surface area (TPSA) is 81.9 Å². The number of nitrogens with zero attached hydrogens (tertiary/aromatic N) is 4. The minimum Gasteiger partial charge on any atom is -0.355 e. The zero-order chi connectivity index (χ0) is 21.5. The number of piperidine rings is 1. The molecular formula is C24H33N5O. The van der Waals surface area contributed by atoms with Gasteiger partial charge in [-0.15, -0.1) is 0 Å². The van der Waals surface area contributed by atoms with Gasteiger partial charge in [0, 0.05) is 19.6 Å². The van der Waals surface area contributed by atoms with E-state index in [1.165, 1.54) is 6.42 Å². The third-order valence-corrected chi connectivity index (χ3v) is 5.74. The van der Waals surface area contributed by atoms with Gasteiger partial charge < -0.3 is 10.2 Å². The third-order valence-electron chi connectivity index (χ3n) is 5.74. The number of amides is 1. The van der Waals surface area contributed by atoms with Crippen LogP contribution in [0, 0.1) is 23.2 Å². The number of hydrogen-bond donors (Lipinski definition) is 1. The van der Waals surface area contributed by atoms with Crippen molar-refractivity contribution in [2.24, 2.45) is 11.8 Å². The highest BCUT2D eigenvalue weighted by atomic mass is 16.1. The minimum absolute atomic E-state index is 0.280. The van der Waals surface area contributed by atoms with Crippen LogP contribution in [0.25, 0.3) is 11.0 Å². The maximum Gasteiger partial charge on any atom is 0.243 e. The van der Waals surface area contributed by atoms with E-state index in [2.05, 4.69) is 37.1 Å². The highest BCUT2D eigenvalue weighted by Crippen LogP contribution is 2.31. The maximum absolute atomic E-state index is 12.9. The molecule has 2 heterocycles. The SMILES string of the molecule is CCCCCCNC(=O)[C@@H](C#N)c1nc2ccccc2nc1N1C[C@@H](C)C[C@H](C)C1. The summed E-state index contributed by atoms with van der Waals surface area (Å²) in [6.07, 6.45) is 5.49. The first-order valence-corrected chi connectivity index (χ1v) is 11.2. The fourth-order valence-electron chi connectivity index (χ4n) is 4.38. The lowest BCUT2D eigenvalue weighted by atomic mass is 9.91. The molecule has 30 heavy (non-hydrogen) atoms. The van der Waals surface area contributed by atoms with Gasteiger partial charge in [-0.05, 0) is 36.8 Å². The second kappa shape index (κ2) is 10.4.